The Hall–Kier alpha value is -2.61. The van der Waals surface area contributed by atoms with Crippen molar-refractivity contribution >= 4 is 23.6 Å². The zero-order valence-corrected chi connectivity index (χ0v) is 22.2. The monoisotopic (exact) mass is 509 g/mol. The molecule has 0 aliphatic heterocycles. The van der Waals surface area contributed by atoms with Crippen LogP contribution in [0.3, 0.4) is 0 Å². The Labute approximate surface area is 219 Å². The first-order valence-corrected chi connectivity index (χ1v) is 14.4. The average Bonchev–Trinajstić information content (AvgIpc) is 3.32. The van der Waals surface area contributed by atoms with Gasteiger partial charge in [0.1, 0.15) is 0 Å². The first-order chi connectivity index (χ1) is 17.6. The lowest BCUT2D eigenvalue weighted by molar-refractivity contribution is -0.135. The highest BCUT2D eigenvalue weighted by Crippen LogP contribution is 2.31. The summed E-state index contributed by atoms with van der Waals surface area (Å²) in [6, 6.07) is 9.56. The quantitative estimate of drug-likeness (QED) is 0.336. The third-order valence-corrected chi connectivity index (χ3v) is 8.33. The summed E-state index contributed by atoms with van der Waals surface area (Å²) in [4.78, 5) is 28.5. The van der Waals surface area contributed by atoms with Crippen molar-refractivity contribution in [2.24, 2.45) is 0 Å². The molecule has 1 heterocycles. The lowest BCUT2D eigenvalue weighted by Gasteiger charge is -2.41. The largest absolute Gasteiger partial charge is 0.342 e. The van der Waals surface area contributed by atoms with Crippen molar-refractivity contribution in [1.82, 2.24) is 25.0 Å². The third kappa shape index (κ3) is 6.58. The highest BCUT2D eigenvalue weighted by atomic mass is 32.2. The van der Waals surface area contributed by atoms with E-state index >= 15 is 0 Å². The minimum absolute atomic E-state index is 0.156. The van der Waals surface area contributed by atoms with Gasteiger partial charge in [-0.15, -0.1) is 16.8 Å². The molecule has 0 bridgehead atoms. The van der Waals surface area contributed by atoms with Crippen molar-refractivity contribution in [3.63, 3.8) is 0 Å². The number of benzene rings is 1. The van der Waals surface area contributed by atoms with Crippen LogP contribution in [0, 0.1) is 0 Å². The fourth-order valence-corrected chi connectivity index (χ4v) is 6.41. The number of thioether (sulfide) groups is 1. The van der Waals surface area contributed by atoms with Gasteiger partial charge in [0.2, 0.25) is 5.91 Å². The molecule has 2 fully saturated rings. The zero-order valence-electron chi connectivity index (χ0n) is 21.4. The van der Waals surface area contributed by atoms with Crippen LogP contribution in [0.15, 0.2) is 48.1 Å². The molecule has 2 aromatic rings. The minimum atomic E-state index is -0.337. The Bertz CT molecular complexity index is 994. The van der Waals surface area contributed by atoms with Crippen LogP contribution in [0.4, 0.5) is 0 Å². The molecule has 4 rings (SSSR count). The number of hydrogen-bond donors (Lipinski definition) is 1. The second-order valence-corrected chi connectivity index (χ2v) is 10.9. The van der Waals surface area contributed by atoms with Gasteiger partial charge in [0.25, 0.3) is 5.91 Å². The molecular weight excluding hydrogens is 470 g/mol. The summed E-state index contributed by atoms with van der Waals surface area (Å²) in [7, 11) is 0. The number of nitrogens with zero attached hydrogens (tertiary/aromatic N) is 4. The van der Waals surface area contributed by atoms with Gasteiger partial charge in [-0.2, -0.15) is 0 Å². The summed E-state index contributed by atoms with van der Waals surface area (Å²) < 4.78 is 1.95. The van der Waals surface area contributed by atoms with Crippen LogP contribution in [0.5, 0.6) is 0 Å². The molecule has 2 aliphatic carbocycles. The second-order valence-electron chi connectivity index (χ2n) is 9.97. The highest BCUT2D eigenvalue weighted by molar-refractivity contribution is 7.99. The van der Waals surface area contributed by atoms with Gasteiger partial charge < -0.3 is 14.8 Å². The molecule has 7 nitrogen and oxygen atoms in total. The van der Waals surface area contributed by atoms with Crippen molar-refractivity contribution < 1.29 is 9.59 Å². The molecule has 1 N–H and O–H groups in total. The molecule has 8 heteroatoms. The van der Waals surface area contributed by atoms with E-state index in [1.807, 2.05) is 29.7 Å². The van der Waals surface area contributed by atoms with Crippen LogP contribution in [-0.2, 0) is 11.3 Å². The normalized spacial score (nSPS) is 17.9. The van der Waals surface area contributed by atoms with Gasteiger partial charge in [-0.3, -0.25) is 9.59 Å². The van der Waals surface area contributed by atoms with Crippen LogP contribution >= 0.6 is 11.8 Å². The molecule has 1 aromatic heterocycles. The summed E-state index contributed by atoms with van der Waals surface area (Å²) in [5, 5.41) is 12.5. The van der Waals surface area contributed by atoms with Gasteiger partial charge in [0.15, 0.2) is 11.0 Å². The topological polar surface area (TPSA) is 80.1 Å². The van der Waals surface area contributed by atoms with E-state index in [0.717, 1.165) is 25.7 Å². The van der Waals surface area contributed by atoms with Crippen molar-refractivity contribution in [2.45, 2.75) is 101 Å². The Morgan fingerprint density at radius 1 is 1.06 bits per heavy atom. The number of allylic oxidation sites excluding steroid dienone is 1. The first-order valence-electron chi connectivity index (χ1n) is 13.4. The lowest BCUT2D eigenvalue weighted by Crippen LogP contribution is -2.49. The van der Waals surface area contributed by atoms with Gasteiger partial charge >= 0.3 is 0 Å². The van der Waals surface area contributed by atoms with E-state index in [2.05, 4.69) is 27.0 Å². The van der Waals surface area contributed by atoms with Crippen LogP contribution in [0.2, 0.25) is 0 Å². The second kappa shape index (κ2) is 13.1. The predicted octanol–water partition coefficient (Wildman–Crippen LogP) is 5.54. The molecule has 2 amide bonds. The van der Waals surface area contributed by atoms with Crippen LogP contribution in [0.25, 0.3) is 0 Å². The number of hydrogen-bond acceptors (Lipinski definition) is 5. The van der Waals surface area contributed by atoms with Crippen LogP contribution in [0.1, 0.15) is 93.4 Å². The maximum atomic E-state index is 13.6. The van der Waals surface area contributed by atoms with Crippen molar-refractivity contribution in [1.29, 1.82) is 0 Å². The van der Waals surface area contributed by atoms with Gasteiger partial charge in [-0.25, -0.2) is 0 Å². The van der Waals surface area contributed by atoms with Gasteiger partial charge in [0, 0.05) is 24.2 Å². The fourth-order valence-electron chi connectivity index (χ4n) is 5.59. The number of rotatable bonds is 10. The molecule has 1 aromatic carbocycles. The fraction of sp³-hybridized carbons (Fsp3) is 0.571. The van der Waals surface area contributed by atoms with Crippen molar-refractivity contribution in [3.05, 3.63) is 54.4 Å². The van der Waals surface area contributed by atoms with E-state index in [1.54, 1.807) is 18.2 Å². The number of amides is 2. The molecule has 0 spiro atoms. The zero-order chi connectivity index (χ0) is 25.3. The highest BCUT2D eigenvalue weighted by Gasteiger charge is 2.32. The average molecular weight is 510 g/mol. The standard InChI is InChI=1S/C28H39N5O2S/c1-3-19-32-26(21(2)29-27(35)22-13-7-4-8-14-22)30-31-28(32)36-20-25(34)33(23-15-9-5-10-16-23)24-17-11-6-12-18-24/h3-4,7-8,13-14,21,23-24H,1,5-6,9-12,15-20H2,2H3,(H,29,35)/t21-/m1/s1. The Morgan fingerprint density at radius 3 is 2.25 bits per heavy atom. The minimum Gasteiger partial charge on any atom is -0.342 e. The number of carbonyl (C=O) groups excluding carboxylic acids is 2. The molecule has 194 valence electrons. The number of carbonyl (C=O) groups is 2. The number of nitrogens with one attached hydrogen (secondary N) is 1. The molecule has 1 atom stereocenters. The Morgan fingerprint density at radius 2 is 1.67 bits per heavy atom. The van der Waals surface area contributed by atoms with Gasteiger partial charge in [-0.05, 0) is 44.7 Å². The van der Waals surface area contributed by atoms with E-state index < -0.39 is 0 Å². The summed E-state index contributed by atoms with van der Waals surface area (Å²) in [6.45, 7) is 6.30. The summed E-state index contributed by atoms with van der Waals surface area (Å²) in [5.41, 5.74) is 0.602. The van der Waals surface area contributed by atoms with E-state index in [1.165, 1.54) is 50.3 Å². The van der Waals surface area contributed by atoms with E-state index in [9.17, 15) is 9.59 Å². The third-order valence-electron chi connectivity index (χ3n) is 7.38. The van der Waals surface area contributed by atoms with E-state index in [-0.39, 0.29) is 17.9 Å². The molecular formula is C28H39N5O2S. The van der Waals surface area contributed by atoms with Crippen LogP contribution in [-0.4, -0.2) is 49.3 Å². The Kier molecular flexibility index (Phi) is 9.61. The van der Waals surface area contributed by atoms with Gasteiger partial charge in [-0.1, -0.05) is 74.6 Å². The summed E-state index contributed by atoms with van der Waals surface area (Å²) in [6.07, 6.45) is 13.7. The van der Waals surface area contributed by atoms with E-state index in [4.69, 9.17) is 0 Å². The van der Waals surface area contributed by atoms with Gasteiger partial charge in [0.05, 0.1) is 11.8 Å². The molecule has 2 saturated carbocycles. The molecule has 36 heavy (non-hydrogen) atoms. The summed E-state index contributed by atoms with van der Waals surface area (Å²) in [5.74, 6) is 1.08. The molecule has 0 unspecified atom stereocenters. The smallest absolute Gasteiger partial charge is 0.251 e. The predicted molar refractivity (Wildman–Crippen MR) is 144 cm³/mol. The Balaban J connectivity index is 1.44. The SMILES string of the molecule is C=CCn1c(SCC(=O)N(C2CCCCC2)C2CCCCC2)nnc1[C@@H](C)NC(=O)c1ccccc1. The molecule has 0 radical (unpaired) electrons. The maximum Gasteiger partial charge on any atom is 0.251 e. The number of aromatic nitrogens is 3. The van der Waals surface area contributed by atoms with Crippen molar-refractivity contribution in [2.75, 3.05) is 5.75 Å². The van der Waals surface area contributed by atoms with Crippen molar-refractivity contribution in [3.8, 4) is 0 Å². The summed E-state index contributed by atoms with van der Waals surface area (Å²) >= 11 is 1.44. The molecule has 0 saturated heterocycles. The maximum absolute atomic E-state index is 13.6. The first kappa shape index (κ1) is 26.5. The van der Waals surface area contributed by atoms with E-state index in [0.29, 0.717) is 40.9 Å². The van der Waals surface area contributed by atoms with Crippen LogP contribution < -0.4 is 5.32 Å². The molecule has 2 aliphatic rings. The lowest BCUT2D eigenvalue weighted by atomic mass is 9.88.